The molecule has 2 bridgehead atoms. The second-order valence-corrected chi connectivity index (χ2v) is 10.7. The molecule has 3 aromatic rings. The Kier molecular flexibility index (Phi) is 7.13. The van der Waals surface area contributed by atoms with E-state index in [0.29, 0.717) is 60.0 Å². The molecular weight excluding hydrogens is 529 g/mol. The molecule has 3 aromatic heterocycles. The maximum absolute atomic E-state index is 15.0. The molecule has 1 unspecified atom stereocenters. The molecule has 0 spiro atoms. The number of ether oxygens (including phenoxy) is 3. The standard InChI is InChI=1S/C27H30FN5O5.ClH/c1-25(35,11-17-18(28)13-29-19-5-6-21(36-2)33-23(17)19)27-9-7-26(8-10-27,15-37-27)31-12-16-3-4-20-24(32-16)38-22(34)14-30-20;/h3-6,13,30-31,35H,7-12,14-15H2,1-2H3;1H. The number of rotatable bonds is 7. The summed E-state index contributed by atoms with van der Waals surface area (Å²) in [7, 11) is 1.50. The monoisotopic (exact) mass is 559 g/mol. The van der Waals surface area contributed by atoms with Crippen LogP contribution in [0.2, 0.25) is 0 Å². The van der Waals surface area contributed by atoms with Gasteiger partial charge in [0.05, 0.1) is 53.5 Å². The Morgan fingerprint density at radius 3 is 2.72 bits per heavy atom. The first-order valence-corrected chi connectivity index (χ1v) is 12.8. The van der Waals surface area contributed by atoms with E-state index in [0.717, 1.165) is 18.5 Å². The Morgan fingerprint density at radius 2 is 2.00 bits per heavy atom. The highest BCUT2D eigenvalue weighted by atomic mass is 35.5. The minimum Gasteiger partial charge on any atom is -0.481 e. The van der Waals surface area contributed by atoms with Crippen molar-refractivity contribution in [3.63, 3.8) is 0 Å². The molecule has 1 aliphatic carbocycles. The van der Waals surface area contributed by atoms with Crippen LogP contribution in [0.15, 0.2) is 30.5 Å². The van der Waals surface area contributed by atoms with Crippen LogP contribution >= 0.6 is 12.4 Å². The van der Waals surface area contributed by atoms with Gasteiger partial charge in [0.2, 0.25) is 11.8 Å². The van der Waals surface area contributed by atoms with E-state index in [1.165, 1.54) is 13.3 Å². The fourth-order valence-electron chi connectivity index (χ4n) is 5.86. The number of halogens is 2. The lowest BCUT2D eigenvalue weighted by Crippen LogP contribution is -2.68. The number of aromatic nitrogens is 3. The number of fused-ring (bicyclic) bond motifs is 5. The van der Waals surface area contributed by atoms with Crippen LogP contribution in [-0.2, 0) is 22.5 Å². The molecule has 1 atom stereocenters. The fraction of sp³-hybridized carbons (Fsp3) is 0.481. The van der Waals surface area contributed by atoms with E-state index in [1.54, 1.807) is 19.1 Å². The Labute approximate surface area is 231 Å². The third-order valence-corrected chi connectivity index (χ3v) is 8.29. The van der Waals surface area contributed by atoms with E-state index < -0.39 is 17.0 Å². The molecule has 10 nitrogen and oxygen atoms in total. The summed E-state index contributed by atoms with van der Waals surface area (Å²) in [4.78, 5) is 24.6. The van der Waals surface area contributed by atoms with Gasteiger partial charge in [-0.2, -0.15) is 0 Å². The van der Waals surface area contributed by atoms with Crippen molar-refractivity contribution in [1.82, 2.24) is 20.3 Å². The molecule has 3 N–H and O–H groups in total. The van der Waals surface area contributed by atoms with Crippen molar-refractivity contribution in [1.29, 1.82) is 0 Å². The lowest BCUT2D eigenvalue weighted by Gasteiger charge is -2.58. The summed E-state index contributed by atoms with van der Waals surface area (Å²) in [5.74, 6) is -0.232. The zero-order chi connectivity index (χ0) is 26.5. The van der Waals surface area contributed by atoms with Crippen molar-refractivity contribution in [3.05, 3.63) is 47.5 Å². The third kappa shape index (κ3) is 4.88. The van der Waals surface area contributed by atoms with Crippen LogP contribution < -0.4 is 20.1 Å². The van der Waals surface area contributed by atoms with Gasteiger partial charge in [0.15, 0.2) is 0 Å². The molecule has 1 saturated carbocycles. The highest BCUT2D eigenvalue weighted by Crippen LogP contribution is 2.50. The number of anilines is 1. The summed E-state index contributed by atoms with van der Waals surface area (Å²) in [6, 6.07) is 7.16. The summed E-state index contributed by atoms with van der Waals surface area (Å²) in [6.45, 7) is 2.75. The number of aliphatic hydroxyl groups is 1. The topological polar surface area (TPSA) is 128 Å². The normalized spacial score (nSPS) is 25.2. The minimum absolute atomic E-state index is 0. The van der Waals surface area contributed by atoms with Crippen molar-refractivity contribution < 1.29 is 28.5 Å². The SMILES string of the molecule is COc1ccc2ncc(F)c(CC(C)(O)C34CCC(NCc5ccc6c(n5)OC(=O)CN6)(CC3)CO4)c2n1.Cl. The second kappa shape index (κ2) is 10.1. The molecule has 3 fully saturated rings. The number of methoxy groups -OCH3 is 1. The summed E-state index contributed by atoms with van der Waals surface area (Å²) in [5.41, 5.74) is 0.267. The molecule has 7 rings (SSSR count). The second-order valence-electron chi connectivity index (χ2n) is 10.7. The summed E-state index contributed by atoms with van der Waals surface area (Å²) < 4.78 is 31.9. The number of pyridine rings is 3. The largest absolute Gasteiger partial charge is 0.481 e. The lowest BCUT2D eigenvalue weighted by atomic mass is 9.63. The first kappa shape index (κ1) is 27.4. The smallest absolute Gasteiger partial charge is 0.332 e. The summed E-state index contributed by atoms with van der Waals surface area (Å²) in [6.07, 6.45) is 4.01. The molecule has 4 aliphatic rings. The van der Waals surface area contributed by atoms with Gasteiger partial charge in [-0.25, -0.2) is 19.2 Å². The van der Waals surface area contributed by atoms with Gasteiger partial charge in [-0.1, -0.05) is 0 Å². The fourth-order valence-corrected chi connectivity index (χ4v) is 5.86. The number of esters is 1. The number of nitrogens with one attached hydrogen (secondary N) is 2. The van der Waals surface area contributed by atoms with Gasteiger partial charge in [0.25, 0.3) is 0 Å². The summed E-state index contributed by atoms with van der Waals surface area (Å²) >= 11 is 0. The zero-order valence-electron chi connectivity index (χ0n) is 21.8. The lowest BCUT2D eigenvalue weighted by molar-refractivity contribution is -0.244. The van der Waals surface area contributed by atoms with Crippen molar-refractivity contribution in [2.45, 2.75) is 62.3 Å². The molecular formula is C27H31ClFN5O5. The van der Waals surface area contributed by atoms with Crippen molar-refractivity contribution in [2.75, 3.05) is 25.6 Å². The van der Waals surface area contributed by atoms with E-state index in [9.17, 15) is 14.3 Å². The maximum atomic E-state index is 15.0. The molecule has 208 valence electrons. The van der Waals surface area contributed by atoms with Crippen LogP contribution in [0, 0.1) is 5.82 Å². The van der Waals surface area contributed by atoms with Crippen molar-refractivity contribution >= 4 is 35.1 Å². The highest BCUT2D eigenvalue weighted by Gasteiger charge is 2.58. The first-order valence-electron chi connectivity index (χ1n) is 12.8. The van der Waals surface area contributed by atoms with Crippen LogP contribution in [0.3, 0.4) is 0 Å². The quantitative estimate of drug-likeness (QED) is 0.371. The van der Waals surface area contributed by atoms with Gasteiger partial charge in [-0.05, 0) is 50.8 Å². The average Bonchev–Trinajstić information content (AvgIpc) is 2.94. The molecule has 39 heavy (non-hydrogen) atoms. The van der Waals surface area contributed by atoms with E-state index in [2.05, 4.69) is 25.6 Å². The highest BCUT2D eigenvalue weighted by molar-refractivity contribution is 5.85. The number of hydrogen-bond donors (Lipinski definition) is 3. The van der Waals surface area contributed by atoms with Gasteiger partial charge in [0, 0.05) is 30.1 Å². The average molecular weight is 560 g/mol. The third-order valence-electron chi connectivity index (χ3n) is 8.29. The van der Waals surface area contributed by atoms with E-state index >= 15 is 0 Å². The Bertz CT molecular complexity index is 1400. The van der Waals surface area contributed by atoms with Crippen LogP contribution in [0.1, 0.15) is 43.9 Å². The Balaban J connectivity index is 0.00000308. The number of carbonyl (C=O) groups excluding carboxylic acids is 1. The molecule has 0 radical (unpaired) electrons. The van der Waals surface area contributed by atoms with Gasteiger partial charge < -0.3 is 30.0 Å². The molecule has 3 aliphatic heterocycles. The van der Waals surface area contributed by atoms with Crippen LogP contribution in [0.4, 0.5) is 10.1 Å². The van der Waals surface area contributed by atoms with Gasteiger partial charge in [-0.3, -0.25) is 4.98 Å². The maximum Gasteiger partial charge on any atom is 0.332 e. The van der Waals surface area contributed by atoms with Crippen LogP contribution in [-0.4, -0.2) is 63.0 Å². The predicted octanol–water partition coefficient (Wildman–Crippen LogP) is 3.09. The number of hydrogen-bond acceptors (Lipinski definition) is 10. The van der Waals surface area contributed by atoms with Crippen molar-refractivity contribution in [2.24, 2.45) is 0 Å². The van der Waals surface area contributed by atoms with Crippen molar-refractivity contribution in [3.8, 4) is 11.8 Å². The zero-order valence-corrected chi connectivity index (χ0v) is 22.6. The van der Waals surface area contributed by atoms with Gasteiger partial charge in [-0.15, -0.1) is 12.4 Å². The van der Waals surface area contributed by atoms with E-state index in [-0.39, 0.29) is 36.9 Å². The first-order chi connectivity index (χ1) is 18.2. The molecule has 2 saturated heterocycles. The molecule has 0 amide bonds. The summed E-state index contributed by atoms with van der Waals surface area (Å²) in [5, 5.41) is 18.3. The number of carbonyl (C=O) groups is 1. The predicted molar refractivity (Wildman–Crippen MR) is 143 cm³/mol. The molecule has 0 aromatic carbocycles. The van der Waals surface area contributed by atoms with Crippen LogP contribution in [0.5, 0.6) is 11.8 Å². The van der Waals surface area contributed by atoms with E-state index in [1.807, 2.05) is 12.1 Å². The van der Waals surface area contributed by atoms with Crippen LogP contribution in [0.25, 0.3) is 11.0 Å². The Hall–Kier alpha value is -3.12. The van der Waals surface area contributed by atoms with Gasteiger partial charge >= 0.3 is 5.97 Å². The number of nitrogens with zero attached hydrogens (tertiary/aromatic N) is 3. The molecule has 12 heteroatoms. The minimum atomic E-state index is -1.34. The molecule has 6 heterocycles. The van der Waals surface area contributed by atoms with Gasteiger partial charge in [0.1, 0.15) is 12.4 Å². The Morgan fingerprint density at radius 1 is 1.21 bits per heavy atom. The van der Waals surface area contributed by atoms with E-state index in [4.69, 9.17) is 14.2 Å².